The number of phenols is 3. The van der Waals surface area contributed by atoms with Gasteiger partial charge in [-0.15, -0.1) is 0 Å². The smallest absolute Gasteiger partial charge is 0.338 e. The molecule has 13 nitrogen and oxygen atoms in total. The molecule has 1 aromatic rings. The quantitative estimate of drug-likeness (QED) is 0.141. The Kier molecular flexibility index (Phi) is 8.02. The molecule has 0 spiro atoms. The van der Waals surface area contributed by atoms with Gasteiger partial charge in [0.05, 0.1) is 18.8 Å². The second kappa shape index (κ2) is 9.93. The first-order chi connectivity index (χ1) is 14.4. The minimum atomic E-state index is -1.93. The Morgan fingerprint density at radius 3 is 2.19 bits per heavy atom. The summed E-state index contributed by atoms with van der Waals surface area (Å²) in [4.78, 5) is 12.1. The van der Waals surface area contributed by atoms with E-state index in [1.54, 1.807) is 0 Å². The van der Waals surface area contributed by atoms with E-state index in [-0.39, 0.29) is 5.56 Å². The second-order valence-electron chi connectivity index (χ2n) is 7.30. The van der Waals surface area contributed by atoms with Crippen LogP contribution in [-0.2, 0) is 14.2 Å². The average Bonchev–Trinajstić information content (AvgIpc) is 2.73. The number of carbonyl (C=O) groups excluding carboxylic acids is 1. The fourth-order valence-corrected chi connectivity index (χ4v) is 2.78. The maximum atomic E-state index is 12.1. The molecule has 1 aliphatic heterocycles. The predicted molar refractivity (Wildman–Crippen MR) is 98.1 cm³/mol. The Bertz CT molecular complexity index is 744. The Morgan fingerprint density at radius 1 is 1.10 bits per heavy atom. The highest BCUT2D eigenvalue weighted by atomic mass is 16.7. The Balaban J connectivity index is 2.09. The molecule has 13 heteroatoms. The third-order valence-corrected chi connectivity index (χ3v) is 4.83. The third-order valence-electron chi connectivity index (χ3n) is 4.83. The first-order valence-electron chi connectivity index (χ1n) is 9.14. The molecule has 0 unspecified atom stereocenters. The molecule has 9 N–H and O–H groups in total. The molecule has 1 saturated heterocycles. The number of hydrogen-bond donors (Lipinski definition) is 9. The molecular weight excluding hydrogens is 424 g/mol. The fraction of sp³-hybridized carbons (Fsp3) is 0.611. The predicted octanol–water partition coefficient (Wildman–Crippen LogP) is -3.11. The molecule has 0 aliphatic carbocycles. The van der Waals surface area contributed by atoms with Gasteiger partial charge in [-0.25, -0.2) is 4.79 Å². The van der Waals surface area contributed by atoms with Crippen LogP contribution in [0.4, 0.5) is 0 Å². The van der Waals surface area contributed by atoms with Gasteiger partial charge in [0.25, 0.3) is 0 Å². The lowest BCUT2D eigenvalue weighted by molar-refractivity contribution is -0.326. The highest BCUT2D eigenvalue weighted by molar-refractivity contribution is 5.91. The van der Waals surface area contributed by atoms with E-state index < -0.39 is 85.4 Å². The summed E-state index contributed by atoms with van der Waals surface area (Å²) in [5.74, 6) is -3.48. The topological polar surface area (TPSA) is 227 Å². The molecular formula is C18H26O13. The highest BCUT2D eigenvalue weighted by Gasteiger charge is 2.47. The van der Waals surface area contributed by atoms with Gasteiger partial charge in [-0.3, -0.25) is 0 Å². The monoisotopic (exact) mass is 450 g/mol. The van der Waals surface area contributed by atoms with E-state index in [0.29, 0.717) is 0 Å². The Hall–Kier alpha value is -2.23. The number of ether oxygens (including phenoxy) is 3. The van der Waals surface area contributed by atoms with Gasteiger partial charge >= 0.3 is 5.97 Å². The number of hydrogen-bond acceptors (Lipinski definition) is 13. The summed E-state index contributed by atoms with van der Waals surface area (Å²) in [6.45, 7) is -1.12. The summed E-state index contributed by atoms with van der Waals surface area (Å²) < 4.78 is 15.5. The van der Waals surface area contributed by atoms with Crippen molar-refractivity contribution in [1.29, 1.82) is 0 Å². The number of aliphatic hydroxyl groups is 6. The Labute approximate surface area is 175 Å². The third kappa shape index (κ3) is 5.53. The number of aromatic hydroxyl groups is 3. The van der Waals surface area contributed by atoms with E-state index in [1.807, 2.05) is 0 Å². The van der Waals surface area contributed by atoms with Crippen LogP contribution in [0, 0.1) is 0 Å². The summed E-state index contributed by atoms with van der Waals surface area (Å²) in [5.41, 5.74) is -2.27. The number of rotatable bonds is 8. The van der Waals surface area contributed by atoms with Crippen LogP contribution in [0.2, 0.25) is 0 Å². The lowest BCUT2D eigenvalue weighted by Crippen LogP contribution is -2.61. The minimum Gasteiger partial charge on any atom is -0.504 e. The van der Waals surface area contributed by atoms with Crippen molar-refractivity contribution in [2.45, 2.75) is 49.3 Å². The molecule has 0 radical (unpaired) electrons. The molecule has 1 fully saturated rings. The van der Waals surface area contributed by atoms with Crippen LogP contribution < -0.4 is 0 Å². The zero-order valence-electron chi connectivity index (χ0n) is 16.4. The highest BCUT2D eigenvalue weighted by Crippen LogP contribution is 2.35. The molecule has 0 bridgehead atoms. The van der Waals surface area contributed by atoms with E-state index in [9.17, 15) is 50.8 Å². The van der Waals surface area contributed by atoms with Crippen LogP contribution in [0.3, 0.4) is 0 Å². The van der Waals surface area contributed by atoms with Crippen molar-refractivity contribution in [3.63, 3.8) is 0 Å². The van der Waals surface area contributed by atoms with Crippen molar-refractivity contribution >= 4 is 5.97 Å². The van der Waals surface area contributed by atoms with Gasteiger partial charge in [-0.2, -0.15) is 0 Å². The van der Waals surface area contributed by atoms with Gasteiger partial charge in [-0.05, 0) is 19.1 Å². The SMILES string of the molecule is C[C@](O)(CO)[C@@H](CO)O[C@@H]1O[C@H](COC(=O)c2cc(O)c(O)c(O)c2)[C@@H](O)[C@H](O)[C@H]1O. The van der Waals surface area contributed by atoms with Crippen molar-refractivity contribution < 1.29 is 65.0 Å². The van der Waals surface area contributed by atoms with Gasteiger partial charge in [0.1, 0.15) is 42.7 Å². The standard InChI is InChI=1S/C18H26O13/c1-18(28,6-20)11(4-19)31-17-15(26)14(25)13(24)10(30-17)5-29-16(27)7-2-8(21)12(23)9(22)3-7/h2-3,10-11,13-15,17,19-26,28H,4-6H2,1H3/t10-,11-,13-,14+,15-,17+,18+/m1/s1. The summed E-state index contributed by atoms with van der Waals surface area (Å²) in [6.07, 6.45) is -9.90. The van der Waals surface area contributed by atoms with Crippen molar-refractivity contribution in [2.24, 2.45) is 0 Å². The van der Waals surface area contributed by atoms with Crippen LogP contribution in [0.25, 0.3) is 0 Å². The summed E-state index contributed by atoms with van der Waals surface area (Å²) in [6, 6.07) is 1.64. The van der Waals surface area contributed by atoms with Gasteiger partial charge in [-0.1, -0.05) is 0 Å². The average molecular weight is 450 g/mol. The molecule has 0 aromatic heterocycles. The van der Waals surface area contributed by atoms with Crippen molar-refractivity contribution in [3.8, 4) is 17.2 Å². The van der Waals surface area contributed by atoms with Crippen molar-refractivity contribution in [3.05, 3.63) is 17.7 Å². The number of aliphatic hydroxyl groups excluding tert-OH is 5. The molecule has 7 atom stereocenters. The number of esters is 1. The molecule has 1 aliphatic rings. The molecule has 2 rings (SSSR count). The van der Waals surface area contributed by atoms with E-state index in [0.717, 1.165) is 19.1 Å². The molecule has 1 aromatic carbocycles. The van der Waals surface area contributed by atoms with Crippen molar-refractivity contribution in [1.82, 2.24) is 0 Å². The summed E-state index contributed by atoms with van der Waals surface area (Å²) >= 11 is 0. The largest absolute Gasteiger partial charge is 0.504 e. The normalized spacial score (nSPS) is 29.2. The van der Waals surface area contributed by atoms with E-state index in [4.69, 9.17) is 14.2 Å². The minimum absolute atomic E-state index is 0.342. The molecule has 0 saturated carbocycles. The van der Waals surface area contributed by atoms with E-state index in [1.165, 1.54) is 0 Å². The number of benzene rings is 1. The van der Waals surface area contributed by atoms with Crippen LogP contribution in [0.15, 0.2) is 12.1 Å². The Morgan fingerprint density at radius 2 is 1.68 bits per heavy atom. The van der Waals surface area contributed by atoms with Gasteiger partial charge in [0.15, 0.2) is 23.5 Å². The number of carbonyl (C=O) groups is 1. The first kappa shape index (κ1) is 25.0. The van der Waals surface area contributed by atoms with E-state index in [2.05, 4.69) is 0 Å². The molecule has 1 heterocycles. The zero-order valence-corrected chi connectivity index (χ0v) is 16.4. The fourth-order valence-electron chi connectivity index (χ4n) is 2.78. The van der Waals surface area contributed by atoms with Gasteiger partial charge < -0.3 is 60.2 Å². The molecule has 0 amide bonds. The van der Waals surface area contributed by atoms with Crippen molar-refractivity contribution in [2.75, 3.05) is 19.8 Å². The lowest BCUT2D eigenvalue weighted by Gasteiger charge is -2.42. The summed E-state index contributed by atoms with van der Waals surface area (Å²) in [5, 5.41) is 87.1. The lowest BCUT2D eigenvalue weighted by atomic mass is 9.98. The molecule has 176 valence electrons. The second-order valence-corrected chi connectivity index (χ2v) is 7.30. The van der Waals surface area contributed by atoms with Gasteiger partial charge in [0.2, 0.25) is 0 Å². The van der Waals surface area contributed by atoms with Crippen LogP contribution in [0.5, 0.6) is 17.2 Å². The maximum absolute atomic E-state index is 12.1. The first-order valence-corrected chi connectivity index (χ1v) is 9.14. The zero-order chi connectivity index (χ0) is 23.5. The van der Waals surface area contributed by atoms with Crippen LogP contribution in [-0.4, -0.2) is 114 Å². The van der Waals surface area contributed by atoms with Crippen LogP contribution >= 0.6 is 0 Å². The van der Waals surface area contributed by atoms with Crippen LogP contribution in [0.1, 0.15) is 17.3 Å². The maximum Gasteiger partial charge on any atom is 0.338 e. The number of phenolic OH excluding ortho intramolecular Hbond substituents is 3. The molecule has 31 heavy (non-hydrogen) atoms. The van der Waals surface area contributed by atoms with Gasteiger partial charge in [0, 0.05) is 0 Å². The van der Waals surface area contributed by atoms with E-state index >= 15 is 0 Å². The summed E-state index contributed by atoms with van der Waals surface area (Å²) in [7, 11) is 0.